The van der Waals surface area contributed by atoms with Crippen molar-refractivity contribution in [3.05, 3.63) is 0 Å². The van der Waals surface area contributed by atoms with Gasteiger partial charge in [-0.1, -0.05) is 0 Å². The second-order valence-corrected chi connectivity index (χ2v) is 0.492. The van der Waals surface area contributed by atoms with E-state index in [9.17, 15) is 0 Å². The molecule has 0 N–H and O–H groups in total. The van der Waals surface area contributed by atoms with Gasteiger partial charge in [-0.05, 0) is 6.92 Å². The summed E-state index contributed by atoms with van der Waals surface area (Å²) in [6, 6.07) is 0. The van der Waals surface area contributed by atoms with Gasteiger partial charge in [-0.2, -0.15) is 0 Å². The van der Waals surface area contributed by atoms with Crippen LogP contribution < -0.4 is 87.8 Å². The fourth-order valence-electron chi connectivity index (χ4n) is 0. The summed E-state index contributed by atoms with van der Waals surface area (Å²) in [5.41, 5.74) is 0. The van der Waals surface area contributed by atoms with Crippen LogP contribution in [0.3, 0.4) is 0 Å². The summed E-state index contributed by atoms with van der Waals surface area (Å²) in [4.78, 5) is 8.89. The second-order valence-electron chi connectivity index (χ2n) is 0.492. The van der Waals surface area contributed by atoms with Crippen molar-refractivity contribution in [2.24, 2.45) is 0 Å². The van der Waals surface area contributed by atoms with Gasteiger partial charge in [0.05, 0.1) is 0 Å². The Morgan fingerprint density at radius 1 is 1.57 bits per heavy atom. The average Bonchev–Trinajstić information content (AvgIpc) is 0.811. The molecule has 0 saturated heterocycles. The molecule has 0 bridgehead atoms. The van der Waals surface area contributed by atoms with Crippen LogP contribution in [0, 0.1) is 0 Å². The van der Waals surface area contributed by atoms with Gasteiger partial charge in [0.2, 0.25) is 0 Å². The summed E-state index contributed by atoms with van der Waals surface area (Å²) < 4.78 is 0. The van der Waals surface area contributed by atoms with Crippen LogP contribution in [0.1, 0.15) is 6.92 Å². The number of carboxylic acids is 1. The van der Waals surface area contributed by atoms with Gasteiger partial charge in [-0.3, -0.25) is 0 Å². The van der Waals surface area contributed by atoms with Crippen LogP contribution in [0.15, 0.2) is 0 Å². The molecule has 0 unspecified atom stereocenters. The molecule has 0 radical (unpaired) electrons. The summed E-state index contributed by atoms with van der Waals surface area (Å²) in [5.74, 6) is -1.08. The fraction of sp³-hybridized carbons (Fsp3) is 0.500. The van der Waals surface area contributed by atoms with Crippen LogP contribution >= 0.6 is 0 Å². The Hall–Kier alpha value is 1.99. The molecule has 0 spiro atoms. The Bertz CT molecular complexity index is 38.7. The van der Waals surface area contributed by atoms with Gasteiger partial charge in [0.25, 0.3) is 0 Å². The number of carbonyl (C=O) groups excluding carboxylic acids is 1. The molecule has 0 aromatic carbocycles. The van der Waals surface area contributed by atoms with Crippen molar-refractivity contribution in [3.63, 3.8) is 0 Å². The van der Waals surface area contributed by atoms with E-state index in [1.807, 2.05) is 0 Å². The van der Waals surface area contributed by atoms with Gasteiger partial charge >= 0.3 is 70.2 Å². The van der Waals surface area contributed by atoms with Crippen LogP contribution in [0.4, 0.5) is 0 Å². The molecular formula is C2H3ClKLiO2. The van der Waals surface area contributed by atoms with Gasteiger partial charge in [0, 0.05) is 5.97 Å². The molecule has 0 atom stereocenters. The van der Waals surface area contributed by atoms with E-state index in [0.29, 0.717) is 0 Å². The van der Waals surface area contributed by atoms with E-state index in [0.717, 1.165) is 6.92 Å². The normalized spacial score (nSPS) is 3.57. The summed E-state index contributed by atoms with van der Waals surface area (Å²) in [6.45, 7) is 0.972. The zero-order chi connectivity index (χ0) is 3.58. The predicted molar refractivity (Wildman–Crippen MR) is 10.7 cm³/mol. The Labute approximate surface area is 103 Å². The molecule has 32 valence electrons. The molecule has 7 heavy (non-hydrogen) atoms. The number of carboxylic acid groups (broad SMARTS) is 1. The Kier molecular flexibility index (Phi) is 51.6. The first kappa shape index (κ1) is 23.0. The molecule has 0 aromatic rings. The zero-order valence-electron chi connectivity index (χ0n) is 4.69. The molecule has 0 saturated carbocycles. The standard InChI is InChI=1S/C2H4O2.ClH.K.Li/c1-2(3)4;;;/h1H3,(H,3,4);1H;;/q;;2*+1/p-2. The SMILES string of the molecule is CC(=O)[O-].[Cl-].[K+].[Li+]. The quantitative estimate of drug-likeness (QED) is 0.314. The molecule has 0 aromatic heterocycles. The maximum atomic E-state index is 8.89. The number of aliphatic carboxylic acids is 1. The number of hydrogen-bond donors (Lipinski definition) is 0. The van der Waals surface area contributed by atoms with Gasteiger partial charge in [0.15, 0.2) is 0 Å². The van der Waals surface area contributed by atoms with Gasteiger partial charge in [0.1, 0.15) is 0 Å². The van der Waals surface area contributed by atoms with E-state index < -0.39 is 5.97 Å². The third-order valence-electron chi connectivity index (χ3n) is 0. The van der Waals surface area contributed by atoms with Crippen molar-refractivity contribution in [3.8, 4) is 0 Å². The minimum Gasteiger partial charge on any atom is -1.00 e. The average molecular weight is 141 g/mol. The van der Waals surface area contributed by atoms with Gasteiger partial charge in [-0.15, -0.1) is 0 Å². The number of halogens is 1. The predicted octanol–water partition coefficient (Wildman–Crippen LogP) is -10.2. The minimum atomic E-state index is -1.08. The Morgan fingerprint density at radius 3 is 1.57 bits per heavy atom. The molecule has 0 fully saturated rings. The molecular weight excluding hydrogens is 138 g/mol. The van der Waals surface area contributed by atoms with Crippen LogP contribution in [-0.2, 0) is 4.79 Å². The van der Waals surface area contributed by atoms with Crippen molar-refractivity contribution >= 4 is 5.97 Å². The maximum Gasteiger partial charge on any atom is 1.00 e. The smallest absolute Gasteiger partial charge is 1.00 e. The van der Waals surface area contributed by atoms with Crippen molar-refractivity contribution in [2.75, 3.05) is 0 Å². The van der Waals surface area contributed by atoms with Crippen molar-refractivity contribution in [2.45, 2.75) is 6.92 Å². The van der Waals surface area contributed by atoms with Crippen LogP contribution in [0.25, 0.3) is 0 Å². The molecule has 0 aliphatic heterocycles. The van der Waals surface area contributed by atoms with E-state index in [-0.39, 0.29) is 82.7 Å². The van der Waals surface area contributed by atoms with Gasteiger partial charge in [-0.25, -0.2) is 0 Å². The van der Waals surface area contributed by atoms with Gasteiger partial charge < -0.3 is 22.3 Å². The molecule has 5 heteroatoms. The molecule has 0 aliphatic rings. The first-order valence-corrected chi connectivity index (χ1v) is 0.908. The van der Waals surface area contributed by atoms with Crippen LogP contribution in [-0.4, -0.2) is 5.97 Å². The molecule has 0 rings (SSSR count). The molecule has 0 aliphatic carbocycles. The van der Waals surface area contributed by atoms with Crippen LogP contribution in [0.5, 0.6) is 0 Å². The largest absolute Gasteiger partial charge is 1.00 e. The first-order valence-electron chi connectivity index (χ1n) is 0.908. The topological polar surface area (TPSA) is 40.1 Å². The first-order chi connectivity index (χ1) is 1.73. The van der Waals surface area contributed by atoms with E-state index >= 15 is 0 Å². The van der Waals surface area contributed by atoms with Crippen molar-refractivity contribution in [1.82, 2.24) is 0 Å². The van der Waals surface area contributed by atoms with Crippen LogP contribution in [0.2, 0.25) is 0 Å². The summed E-state index contributed by atoms with van der Waals surface area (Å²) >= 11 is 0. The maximum absolute atomic E-state index is 8.89. The second kappa shape index (κ2) is 15.7. The summed E-state index contributed by atoms with van der Waals surface area (Å²) in [6.07, 6.45) is 0. The molecule has 0 amide bonds. The minimum absolute atomic E-state index is 0. The number of carbonyl (C=O) groups is 1. The van der Waals surface area contributed by atoms with E-state index in [4.69, 9.17) is 9.90 Å². The third-order valence-corrected chi connectivity index (χ3v) is 0. The monoisotopic (exact) mass is 140 g/mol. The van der Waals surface area contributed by atoms with Crippen molar-refractivity contribution < 1.29 is 92.6 Å². The number of rotatable bonds is 0. The summed E-state index contributed by atoms with van der Waals surface area (Å²) in [7, 11) is 0. The van der Waals surface area contributed by atoms with E-state index in [1.54, 1.807) is 0 Å². The van der Waals surface area contributed by atoms with Crippen molar-refractivity contribution in [1.29, 1.82) is 0 Å². The third kappa shape index (κ3) is 72.2. The number of hydrogen-bond acceptors (Lipinski definition) is 2. The molecule has 2 nitrogen and oxygen atoms in total. The Morgan fingerprint density at radius 2 is 1.57 bits per heavy atom. The fourth-order valence-corrected chi connectivity index (χ4v) is 0. The zero-order valence-corrected chi connectivity index (χ0v) is 8.57. The summed E-state index contributed by atoms with van der Waals surface area (Å²) in [5, 5.41) is 8.89. The van der Waals surface area contributed by atoms with E-state index in [1.165, 1.54) is 0 Å². The molecule has 0 heterocycles. The van der Waals surface area contributed by atoms with E-state index in [2.05, 4.69) is 0 Å². The Balaban J connectivity index is -0.0000000150.